The number of amidine groups is 1. The number of hydrogen-bond acceptors (Lipinski definition) is 5. The summed E-state index contributed by atoms with van der Waals surface area (Å²) in [6.45, 7) is 0. The zero-order valence-corrected chi connectivity index (χ0v) is 12.6. The molecule has 1 amide bonds. The molecule has 2 rings (SSSR count). The molecule has 2 N–H and O–H groups in total. The van der Waals surface area contributed by atoms with Crippen molar-refractivity contribution in [2.45, 2.75) is 24.5 Å². The maximum atomic E-state index is 12.5. The van der Waals surface area contributed by atoms with Crippen molar-refractivity contribution in [3.05, 3.63) is 35.4 Å². The molecule has 0 radical (unpaired) electrons. The number of benzene rings is 1. The third-order valence-electron chi connectivity index (χ3n) is 2.91. The number of amides is 1. The minimum absolute atomic E-state index is 0.184. The second-order valence-electron chi connectivity index (χ2n) is 4.64. The second kappa shape index (κ2) is 7.82. The second-order valence-corrected chi connectivity index (χ2v) is 5.83. The highest BCUT2D eigenvalue weighted by molar-refractivity contribution is 8.15. The lowest BCUT2D eigenvalue weighted by atomic mass is 10.1. The summed E-state index contributed by atoms with van der Waals surface area (Å²) in [5, 5.41) is 18.1. The van der Waals surface area contributed by atoms with Gasteiger partial charge in [0.05, 0.1) is 12.6 Å². The molecule has 0 spiro atoms. The summed E-state index contributed by atoms with van der Waals surface area (Å²) in [4.78, 5) is 22.1. The Morgan fingerprint density at radius 3 is 2.87 bits per heavy atom. The third-order valence-corrected chi connectivity index (χ3v) is 3.98. The van der Waals surface area contributed by atoms with Crippen molar-refractivity contribution in [2.75, 3.05) is 0 Å². The van der Waals surface area contributed by atoms with Gasteiger partial charge in [0, 0.05) is 6.42 Å². The van der Waals surface area contributed by atoms with Crippen molar-refractivity contribution < 1.29 is 23.5 Å². The number of nitrogens with zero attached hydrogens (tertiary/aromatic N) is 2. The molecule has 1 saturated heterocycles. The fourth-order valence-electron chi connectivity index (χ4n) is 1.90. The van der Waals surface area contributed by atoms with Gasteiger partial charge in [0.2, 0.25) is 12.3 Å². The van der Waals surface area contributed by atoms with E-state index in [1.807, 2.05) is 0 Å². The fraction of sp³-hybridized carbons (Fsp3) is 0.286. The molecular weight excluding hydrogens is 328 g/mol. The maximum Gasteiger partial charge on any atom is 0.305 e. The number of carbonyl (C=O) groups is 2. The van der Waals surface area contributed by atoms with Crippen LogP contribution in [0.3, 0.4) is 0 Å². The molecule has 0 bridgehead atoms. The molecule has 23 heavy (non-hydrogen) atoms. The molecule has 9 heteroatoms. The highest BCUT2D eigenvalue weighted by Gasteiger charge is 2.32. The number of carboxylic acid groups (broad SMARTS) is 1. The Morgan fingerprint density at radius 2 is 2.17 bits per heavy atom. The van der Waals surface area contributed by atoms with Gasteiger partial charge in [0.25, 0.3) is 0 Å². The summed E-state index contributed by atoms with van der Waals surface area (Å²) in [7, 11) is 0. The van der Waals surface area contributed by atoms with Gasteiger partial charge in [-0.15, -0.1) is 5.10 Å². The van der Waals surface area contributed by atoms with E-state index in [9.17, 15) is 18.4 Å². The summed E-state index contributed by atoms with van der Waals surface area (Å²) >= 11 is 0.972. The maximum absolute atomic E-state index is 12.5. The van der Waals surface area contributed by atoms with Crippen molar-refractivity contribution in [1.29, 1.82) is 0 Å². The van der Waals surface area contributed by atoms with Crippen LogP contribution in [0, 0.1) is 0 Å². The highest BCUT2D eigenvalue weighted by Crippen LogP contribution is 2.22. The molecule has 1 aliphatic rings. The number of aliphatic carboxylic acids is 1. The van der Waals surface area contributed by atoms with Gasteiger partial charge in [-0.25, -0.2) is 8.78 Å². The summed E-state index contributed by atoms with van der Waals surface area (Å²) in [5.74, 6) is -1.52. The first-order chi connectivity index (χ1) is 11.0. The zero-order valence-electron chi connectivity index (χ0n) is 11.8. The van der Waals surface area contributed by atoms with Gasteiger partial charge in [-0.3, -0.25) is 9.59 Å². The molecule has 6 nitrogen and oxygen atoms in total. The van der Waals surface area contributed by atoms with Gasteiger partial charge in [-0.1, -0.05) is 36.0 Å². The van der Waals surface area contributed by atoms with Crippen LogP contribution in [0.5, 0.6) is 0 Å². The van der Waals surface area contributed by atoms with Crippen LogP contribution in [0.1, 0.15) is 17.5 Å². The molecular formula is C14H13F2N3O3S. The number of thioether (sulfide) groups is 1. The van der Waals surface area contributed by atoms with Gasteiger partial charge in [-0.2, -0.15) is 5.10 Å². The standard InChI is InChI=1S/C14H13F2N3O3S/c15-11(16)5-8-3-1-2-4-9(8)7-17-19-14-18-13(22)10(23-14)6-12(20)21/h1-4,7,10-11H,5-6H2,(H,20,21)(H,18,19,22). The number of carboxylic acids is 1. The Labute approximate surface area is 134 Å². The van der Waals surface area contributed by atoms with Crippen molar-refractivity contribution in [1.82, 2.24) is 5.32 Å². The van der Waals surface area contributed by atoms with Crippen molar-refractivity contribution in [2.24, 2.45) is 10.2 Å². The van der Waals surface area contributed by atoms with Crippen LogP contribution < -0.4 is 5.32 Å². The van der Waals surface area contributed by atoms with Crippen LogP contribution in [-0.2, 0) is 16.0 Å². The first kappa shape index (κ1) is 17.1. The number of carbonyl (C=O) groups excluding carboxylic acids is 1. The minimum Gasteiger partial charge on any atom is -0.481 e. The summed E-state index contributed by atoms with van der Waals surface area (Å²) in [6, 6.07) is 6.56. The predicted octanol–water partition coefficient (Wildman–Crippen LogP) is 1.89. The molecule has 0 aromatic heterocycles. The van der Waals surface area contributed by atoms with E-state index in [-0.39, 0.29) is 18.0 Å². The lowest BCUT2D eigenvalue weighted by Crippen LogP contribution is -2.26. The quantitative estimate of drug-likeness (QED) is 0.611. The molecule has 1 unspecified atom stereocenters. The van der Waals surface area contributed by atoms with Gasteiger partial charge >= 0.3 is 5.97 Å². The number of hydrogen-bond donors (Lipinski definition) is 2. The number of alkyl halides is 2. The van der Waals surface area contributed by atoms with Crippen LogP contribution in [0.4, 0.5) is 8.78 Å². The van der Waals surface area contributed by atoms with E-state index in [4.69, 9.17) is 5.11 Å². The highest BCUT2D eigenvalue weighted by atomic mass is 32.2. The monoisotopic (exact) mass is 341 g/mol. The Hall–Kier alpha value is -2.29. The molecule has 1 aromatic rings. The van der Waals surface area contributed by atoms with E-state index in [2.05, 4.69) is 15.5 Å². The first-order valence-electron chi connectivity index (χ1n) is 6.62. The van der Waals surface area contributed by atoms with E-state index >= 15 is 0 Å². The van der Waals surface area contributed by atoms with Crippen molar-refractivity contribution in [3.63, 3.8) is 0 Å². The van der Waals surface area contributed by atoms with Crippen LogP contribution >= 0.6 is 11.8 Å². The summed E-state index contributed by atoms with van der Waals surface area (Å²) < 4.78 is 25.0. The van der Waals surface area contributed by atoms with E-state index in [0.717, 1.165) is 11.8 Å². The molecule has 1 heterocycles. The van der Waals surface area contributed by atoms with Crippen molar-refractivity contribution in [3.8, 4) is 0 Å². The van der Waals surface area contributed by atoms with Crippen LogP contribution in [0.25, 0.3) is 0 Å². The molecule has 122 valence electrons. The zero-order chi connectivity index (χ0) is 16.8. The van der Waals surface area contributed by atoms with E-state index < -0.39 is 23.6 Å². The number of nitrogens with one attached hydrogen (secondary N) is 1. The molecule has 0 saturated carbocycles. The topological polar surface area (TPSA) is 91.1 Å². The third kappa shape index (κ3) is 5.13. The first-order valence-corrected chi connectivity index (χ1v) is 7.50. The number of halogens is 2. The molecule has 1 aromatic carbocycles. The van der Waals surface area contributed by atoms with Gasteiger partial charge in [0.15, 0.2) is 5.17 Å². The van der Waals surface area contributed by atoms with Gasteiger partial charge in [-0.05, 0) is 11.1 Å². The summed E-state index contributed by atoms with van der Waals surface area (Å²) in [6.07, 6.45) is -1.83. The number of rotatable bonds is 6. The average molecular weight is 341 g/mol. The average Bonchev–Trinajstić information content (AvgIpc) is 2.80. The van der Waals surface area contributed by atoms with Crippen LogP contribution in [0.2, 0.25) is 0 Å². The SMILES string of the molecule is O=C(O)CC1SC(=NN=Cc2ccccc2CC(F)F)NC1=O. The van der Waals surface area contributed by atoms with Crippen molar-refractivity contribution >= 4 is 35.0 Å². The Kier molecular flexibility index (Phi) is 5.80. The molecule has 1 atom stereocenters. The fourth-order valence-corrected chi connectivity index (χ4v) is 2.82. The predicted molar refractivity (Wildman–Crippen MR) is 83.0 cm³/mol. The molecule has 1 aliphatic heterocycles. The Bertz CT molecular complexity index is 664. The van der Waals surface area contributed by atoms with Crippen LogP contribution in [-0.4, -0.2) is 40.0 Å². The lowest BCUT2D eigenvalue weighted by Gasteiger charge is -2.03. The van der Waals surface area contributed by atoms with E-state index in [1.165, 1.54) is 6.21 Å². The van der Waals surface area contributed by atoms with Gasteiger partial charge < -0.3 is 10.4 Å². The smallest absolute Gasteiger partial charge is 0.305 e. The van der Waals surface area contributed by atoms with Crippen LogP contribution in [0.15, 0.2) is 34.5 Å². The minimum atomic E-state index is -2.46. The Morgan fingerprint density at radius 1 is 1.43 bits per heavy atom. The molecule has 0 aliphatic carbocycles. The van der Waals surface area contributed by atoms with Gasteiger partial charge in [0.1, 0.15) is 5.25 Å². The Balaban J connectivity index is 2.04. The normalized spacial score (nSPS) is 19.7. The van der Waals surface area contributed by atoms with E-state index in [1.54, 1.807) is 24.3 Å². The largest absolute Gasteiger partial charge is 0.481 e. The lowest BCUT2D eigenvalue weighted by molar-refractivity contribution is -0.138. The molecule has 1 fully saturated rings. The summed E-state index contributed by atoms with van der Waals surface area (Å²) in [5.41, 5.74) is 0.951. The van der Waals surface area contributed by atoms with E-state index in [0.29, 0.717) is 11.1 Å².